The van der Waals surface area contributed by atoms with E-state index in [9.17, 15) is 0 Å². The zero-order valence-corrected chi connectivity index (χ0v) is 12.3. The first kappa shape index (κ1) is 14.0. The van der Waals surface area contributed by atoms with Gasteiger partial charge in [-0.25, -0.2) is 0 Å². The molecule has 2 rings (SSSR count). The normalized spacial score (nSPS) is 19.2. The molecule has 1 aliphatic carbocycles. The number of rotatable bonds is 3. The minimum Gasteiger partial charge on any atom is -0.497 e. The van der Waals surface area contributed by atoms with Gasteiger partial charge in [0.1, 0.15) is 5.75 Å². The predicted molar refractivity (Wildman–Crippen MR) is 81.3 cm³/mol. The molecule has 1 fully saturated rings. The van der Waals surface area contributed by atoms with Gasteiger partial charge in [-0.05, 0) is 66.9 Å². The number of benzene rings is 1. The highest BCUT2D eigenvalue weighted by molar-refractivity contribution is 5.50. The first-order valence-electron chi connectivity index (χ1n) is 7.27. The highest BCUT2D eigenvalue weighted by atomic mass is 16.5. The first-order chi connectivity index (χ1) is 9.19. The minimum atomic E-state index is 0.826. The molecule has 1 aliphatic rings. The molecule has 0 atom stereocenters. The van der Waals surface area contributed by atoms with Crippen molar-refractivity contribution in [3.63, 3.8) is 0 Å². The van der Waals surface area contributed by atoms with E-state index in [0.717, 1.165) is 17.6 Å². The van der Waals surface area contributed by atoms with Crippen molar-refractivity contribution in [1.82, 2.24) is 0 Å². The number of methoxy groups -OCH3 is 1. The van der Waals surface area contributed by atoms with Crippen molar-refractivity contribution in [3.05, 3.63) is 41.1 Å². The highest BCUT2D eigenvalue weighted by Crippen LogP contribution is 2.32. The van der Waals surface area contributed by atoms with E-state index in [1.807, 2.05) is 12.1 Å². The molecule has 1 aromatic carbocycles. The fraction of sp³-hybridized carbons (Fsp3) is 0.500. The summed E-state index contributed by atoms with van der Waals surface area (Å²) in [5.41, 5.74) is 6.16. The van der Waals surface area contributed by atoms with Crippen LogP contribution in [-0.2, 0) is 0 Å². The molecule has 0 radical (unpaired) electrons. The zero-order chi connectivity index (χ0) is 13.7. The van der Waals surface area contributed by atoms with Crippen molar-refractivity contribution >= 4 is 6.08 Å². The zero-order valence-electron chi connectivity index (χ0n) is 12.3. The predicted octanol–water partition coefficient (Wildman–Crippen LogP) is 5.08. The van der Waals surface area contributed by atoms with Gasteiger partial charge >= 0.3 is 0 Å². The number of hydrogen-bond acceptors (Lipinski definition) is 1. The Morgan fingerprint density at radius 2 is 1.79 bits per heavy atom. The largest absolute Gasteiger partial charge is 0.497 e. The lowest BCUT2D eigenvalue weighted by molar-refractivity contribution is 0.311. The summed E-state index contributed by atoms with van der Waals surface area (Å²) in [5.74, 6) is 2.64. The molecule has 102 valence electrons. The maximum absolute atomic E-state index is 5.16. The number of hydrogen-bond donors (Lipinski definition) is 0. The van der Waals surface area contributed by atoms with Gasteiger partial charge in [-0.15, -0.1) is 5.73 Å². The van der Waals surface area contributed by atoms with Crippen LogP contribution in [0.4, 0.5) is 0 Å². The molecule has 0 aromatic heterocycles. The van der Waals surface area contributed by atoms with Gasteiger partial charge in [0.25, 0.3) is 0 Å². The van der Waals surface area contributed by atoms with Crippen LogP contribution >= 0.6 is 0 Å². The molecule has 0 aliphatic heterocycles. The third-order valence-corrected chi connectivity index (χ3v) is 4.14. The lowest BCUT2D eigenvalue weighted by Gasteiger charge is -2.25. The molecule has 1 heteroatoms. The van der Waals surface area contributed by atoms with Gasteiger partial charge < -0.3 is 4.74 Å². The molecule has 0 heterocycles. The fourth-order valence-corrected chi connectivity index (χ4v) is 2.69. The van der Waals surface area contributed by atoms with Gasteiger partial charge in [0.2, 0.25) is 0 Å². The van der Waals surface area contributed by atoms with Crippen molar-refractivity contribution < 1.29 is 4.74 Å². The van der Waals surface area contributed by atoms with Crippen molar-refractivity contribution in [3.8, 4) is 5.75 Å². The molecule has 0 spiro atoms. The van der Waals surface area contributed by atoms with E-state index < -0.39 is 0 Å². The fourth-order valence-electron chi connectivity index (χ4n) is 2.69. The summed E-state index contributed by atoms with van der Waals surface area (Å²) in [5, 5.41) is 0. The molecule has 0 bridgehead atoms. The summed E-state index contributed by atoms with van der Waals surface area (Å²) in [6, 6.07) is 8.14. The summed E-state index contributed by atoms with van der Waals surface area (Å²) < 4.78 is 5.16. The summed E-state index contributed by atoms with van der Waals surface area (Å²) in [6.45, 7) is 4.68. The molecule has 1 aromatic rings. The van der Waals surface area contributed by atoms with Crippen LogP contribution in [0, 0.1) is 11.8 Å². The molecule has 0 N–H and O–H groups in total. The Labute approximate surface area is 117 Å². The molecule has 19 heavy (non-hydrogen) atoms. The second-order valence-electron chi connectivity index (χ2n) is 5.75. The molecule has 0 saturated heterocycles. The van der Waals surface area contributed by atoms with E-state index in [4.69, 9.17) is 4.74 Å². The average molecular weight is 256 g/mol. The monoisotopic (exact) mass is 256 g/mol. The second kappa shape index (κ2) is 6.63. The quantitative estimate of drug-likeness (QED) is 0.685. The summed E-state index contributed by atoms with van der Waals surface area (Å²) in [7, 11) is 1.69. The van der Waals surface area contributed by atoms with Crippen molar-refractivity contribution in [2.75, 3.05) is 7.11 Å². The van der Waals surface area contributed by atoms with Crippen LogP contribution in [0.25, 0.3) is 6.08 Å². The van der Waals surface area contributed by atoms with E-state index in [1.165, 1.54) is 36.8 Å². The van der Waals surface area contributed by atoms with Crippen LogP contribution in [0.1, 0.15) is 45.1 Å². The van der Waals surface area contributed by atoms with E-state index in [1.54, 1.807) is 7.11 Å². The lowest BCUT2D eigenvalue weighted by Crippen LogP contribution is -2.13. The van der Waals surface area contributed by atoms with Gasteiger partial charge in [0.05, 0.1) is 7.11 Å². The third-order valence-electron chi connectivity index (χ3n) is 4.14. The molecule has 1 saturated carbocycles. The number of allylic oxidation sites excluding steroid dienone is 1. The summed E-state index contributed by atoms with van der Waals surface area (Å²) in [4.78, 5) is 0. The maximum atomic E-state index is 5.16. The maximum Gasteiger partial charge on any atom is 0.118 e. The van der Waals surface area contributed by atoms with Crippen LogP contribution in [0.15, 0.2) is 35.6 Å². The summed E-state index contributed by atoms with van der Waals surface area (Å²) in [6.07, 6.45) is 7.20. The Morgan fingerprint density at radius 1 is 1.16 bits per heavy atom. The standard InChI is InChI=1S/C18H24O/c1-14(2)17-10-6-15(7-11-17)4-5-16-8-12-18(19-3)13-9-16/h5,8-9,12-14,17H,6-7,10-11H2,1-3H3. The lowest BCUT2D eigenvalue weighted by atomic mass is 9.80. The highest BCUT2D eigenvalue weighted by Gasteiger charge is 2.18. The minimum absolute atomic E-state index is 0.826. The molecule has 1 nitrogen and oxygen atoms in total. The second-order valence-corrected chi connectivity index (χ2v) is 5.75. The smallest absolute Gasteiger partial charge is 0.118 e. The van der Waals surface area contributed by atoms with E-state index in [2.05, 4.69) is 37.8 Å². The van der Waals surface area contributed by atoms with Crippen molar-refractivity contribution in [1.29, 1.82) is 0 Å². The topological polar surface area (TPSA) is 9.23 Å². The number of ether oxygens (including phenoxy) is 1. The van der Waals surface area contributed by atoms with Crippen molar-refractivity contribution in [2.45, 2.75) is 39.5 Å². The van der Waals surface area contributed by atoms with Gasteiger partial charge in [-0.2, -0.15) is 0 Å². The van der Waals surface area contributed by atoms with E-state index >= 15 is 0 Å². The first-order valence-corrected chi connectivity index (χ1v) is 7.27. The van der Waals surface area contributed by atoms with Crippen LogP contribution in [0.5, 0.6) is 5.75 Å². The van der Waals surface area contributed by atoms with Crippen LogP contribution in [0.2, 0.25) is 0 Å². The van der Waals surface area contributed by atoms with Gasteiger partial charge in [-0.3, -0.25) is 0 Å². The Balaban J connectivity index is 1.99. The Hall–Kier alpha value is -1.46. The van der Waals surface area contributed by atoms with Crippen LogP contribution in [-0.4, -0.2) is 7.11 Å². The Bertz CT molecular complexity index is 451. The Morgan fingerprint density at radius 3 is 2.32 bits per heavy atom. The molecular formula is C18H24O. The van der Waals surface area contributed by atoms with E-state index in [-0.39, 0.29) is 0 Å². The average Bonchev–Trinajstić information content (AvgIpc) is 2.46. The van der Waals surface area contributed by atoms with Crippen LogP contribution < -0.4 is 4.74 Å². The molecular weight excluding hydrogens is 232 g/mol. The molecule has 0 unspecified atom stereocenters. The van der Waals surface area contributed by atoms with Gasteiger partial charge in [0.15, 0.2) is 0 Å². The Kier molecular flexibility index (Phi) is 4.87. The summed E-state index contributed by atoms with van der Waals surface area (Å²) >= 11 is 0. The molecule has 0 amide bonds. The van der Waals surface area contributed by atoms with Crippen molar-refractivity contribution in [2.24, 2.45) is 11.8 Å². The van der Waals surface area contributed by atoms with Gasteiger partial charge in [-0.1, -0.05) is 26.0 Å². The van der Waals surface area contributed by atoms with Gasteiger partial charge in [0, 0.05) is 0 Å². The van der Waals surface area contributed by atoms with Crippen LogP contribution in [0.3, 0.4) is 0 Å². The SMILES string of the molecule is COc1ccc(C=C=C2CCC(C(C)C)CC2)cc1. The third kappa shape index (κ3) is 4.01. The van der Waals surface area contributed by atoms with E-state index in [0.29, 0.717) is 0 Å².